The van der Waals surface area contributed by atoms with Gasteiger partial charge in [-0.1, -0.05) is 42.5 Å². The topological polar surface area (TPSA) is 154 Å². The minimum atomic E-state index is -3.51. The van der Waals surface area contributed by atoms with Crippen LogP contribution in [0, 0.1) is 0 Å². The van der Waals surface area contributed by atoms with Gasteiger partial charge in [0.05, 0.1) is 12.9 Å². The minimum Gasteiger partial charge on any atom is -0.462 e. The lowest BCUT2D eigenvalue weighted by molar-refractivity contribution is -0.244. The van der Waals surface area contributed by atoms with Gasteiger partial charge in [0.2, 0.25) is 22.2 Å². The van der Waals surface area contributed by atoms with E-state index in [2.05, 4.69) is 10.0 Å². The molecule has 192 valence electrons. The first-order chi connectivity index (χ1) is 17.1. The predicted octanol–water partition coefficient (Wildman–Crippen LogP) is 1.20. The van der Waals surface area contributed by atoms with Crippen LogP contribution in [0.3, 0.4) is 0 Å². The Hall–Kier alpha value is -3.22. The van der Waals surface area contributed by atoms with Gasteiger partial charge in [0.15, 0.2) is 0 Å². The summed E-state index contributed by atoms with van der Waals surface area (Å²) in [6.45, 7) is 0.685. The molecule has 0 spiro atoms. The number of hydrogen-bond donors (Lipinski definition) is 5. The van der Waals surface area contributed by atoms with E-state index >= 15 is 0 Å². The molecule has 36 heavy (non-hydrogen) atoms. The molecule has 0 aliphatic carbocycles. The largest absolute Gasteiger partial charge is 0.462 e. The van der Waals surface area contributed by atoms with E-state index in [1.165, 1.54) is 6.92 Å². The van der Waals surface area contributed by atoms with Gasteiger partial charge in [0.1, 0.15) is 30.1 Å². The van der Waals surface area contributed by atoms with Crippen molar-refractivity contribution in [2.75, 3.05) is 17.6 Å². The van der Waals surface area contributed by atoms with Crippen molar-refractivity contribution in [3.63, 3.8) is 0 Å². The van der Waals surface area contributed by atoms with Gasteiger partial charge in [-0.2, -0.15) is 0 Å². The van der Waals surface area contributed by atoms with Crippen LogP contribution in [0.4, 0.5) is 5.69 Å². The molecule has 1 aliphatic rings. The maximum atomic E-state index is 11.8. The molecule has 0 aromatic heterocycles. The summed E-state index contributed by atoms with van der Waals surface area (Å²) in [5.74, 6) is -0.143. The molecule has 4 rings (SSSR count). The molecule has 3 aromatic rings. The molecule has 3 unspecified atom stereocenters. The number of carbonyl (C=O) groups is 1. The van der Waals surface area contributed by atoms with E-state index in [1.807, 2.05) is 30.3 Å². The number of fused-ring (bicyclic) bond motifs is 1. The van der Waals surface area contributed by atoms with Crippen molar-refractivity contribution in [2.24, 2.45) is 0 Å². The van der Waals surface area contributed by atoms with Crippen molar-refractivity contribution in [1.82, 2.24) is 5.32 Å². The first kappa shape index (κ1) is 25.9. The van der Waals surface area contributed by atoms with Crippen molar-refractivity contribution in [2.45, 2.75) is 37.6 Å². The third-order valence-electron chi connectivity index (χ3n) is 5.84. The lowest BCUT2D eigenvalue weighted by Crippen LogP contribution is -2.65. The summed E-state index contributed by atoms with van der Waals surface area (Å²) in [6.07, 6.45) is -4.23. The zero-order valence-electron chi connectivity index (χ0n) is 19.7. The Morgan fingerprint density at radius 2 is 1.81 bits per heavy atom. The number of rotatable bonds is 7. The lowest BCUT2D eigenvalue weighted by Gasteiger charge is -2.42. The summed E-state index contributed by atoms with van der Waals surface area (Å²) < 4.78 is 38.0. The molecular weight excluding hydrogens is 488 g/mol. The zero-order chi connectivity index (χ0) is 26.0. The number of aliphatic hydroxyl groups excluding tert-OH is 3. The van der Waals surface area contributed by atoms with Crippen LogP contribution in [-0.4, -0.2) is 73.2 Å². The molecule has 5 N–H and O–H groups in total. The third-order valence-corrected chi connectivity index (χ3v) is 6.45. The third kappa shape index (κ3) is 5.61. The number of sulfonamides is 1. The van der Waals surface area contributed by atoms with Crippen molar-refractivity contribution < 1.29 is 38.0 Å². The molecule has 1 amide bonds. The van der Waals surface area contributed by atoms with Crippen LogP contribution in [0.15, 0.2) is 60.7 Å². The molecule has 0 bridgehead atoms. The standard InChI is InChI=1S/C25H28N2O8S/c1-14(29)26-22-24(31)23(30)20(13-28)35-25(22)34-19-11-10-15-6-3-4-9-18(15)21(19)16-7-5-8-17(12-16)27-36(2,32)33/h3-12,20,22-25,27-28,30-31H,13H2,1-2H3,(H,26,29)/t20?,22?,23-,24?,25+/m0/s1. The summed E-state index contributed by atoms with van der Waals surface area (Å²) in [7, 11) is -3.51. The first-order valence-corrected chi connectivity index (χ1v) is 13.1. The highest BCUT2D eigenvalue weighted by atomic mass is 32.2. The Kier molecular flexibility index (Phi) is 7.48. The molecule has 0 radical (unpaired) electrons. The molecule has 1 saturated heterocycles. The lowest BCUT2D eigenvalue weighted by atomic mass is 9.95. The zero-order valence-corrected chi connectivity index (χ0v) is 20.5. The molecule has 11 heteroatoms. The van der Waals surface area contributed by atoms with Crippen molar-refractivity contribution in [1.29, 1.82) is 0 Å². The predicted molar refractivity (Wildman–Crippen MR) is 134 cm³/mol. The number of benzene rings is 3. The molecule has 1 heterocycles. The average molecular weight is 517 g/mol. The number of nitrogens with one attached hydrogen (secondary N) is 2. The van der Waals surface area contributed by atoms with Crippen molar-refractivity contribution >= 4 is 32.4 Å². The summed E-state index contributed by atoms with van der Waals surface area (Å²) in [5.41, 5.74) is 1.62. The second-order valence-electron chi connectivity index (χ2n) is 8.67. The quantitative estimate of drug-likeness (QED) is 0.314. The minimum absolute atomic E-state index is 0.325. The van der Waals surface area contributed by atoms with Gasteiger partial charge in [0, 0.05) is 18.2 Å². The number of ether oxygens (including phenoxy) is 2. The fraction of sp³-hybridized carbons (Fsp3) is 0.320. The fourth-order valence-corrected chi connectivity index (χ4v) is 4.85. The first-order valence-electron chi connectivity index (χ1n) is 11.2. The summed E-state index contributed by atoms with van der Waals surface area (Å²) in [5, 5.41) is 34.8. The Balaban J connectivity index is 1.81. The van der Waals surface area contributed by atoms with E-state index < -0.39 is 53.2 Å². The van der Waals surface area contributed by atoms with Crippen LogP contribution < -0.4 is 14.8 Å². The van der Waals surface area contributed by atoms with Crippen LogP contribution in [0.1, 0.15) is 6.92 Å². The van der Waals surface area contributed by atoms with E-state index in [1.54, 1.807) is 30.3 Å². The normalized spacial score (nSPS) is 24.3. The molecule has 0 saturated carbocycles. The van der Waals surface area contributed by atoms with Crippen molar-refractivity contribution in [3.8, 4) is 16.9 Å². The van der Waals surface area contributed by atoms with Gasteiger partial charge in [-0.25, -0.2) is 8.42 Å². The molecule has 1 aliphatic heterocycles. The Morgan fingerprint density at radius 3 is 2.50 bits per heavy atom. The summed E-state index contributed by atoms with van der Waals surface area (Å²) in [4.78, 5) is 11.8. The van der Waals surface area contributed by atoms with E-state index in [9.17, 15) is 28.5 Å². The van der Waals surface area contributed by atoms with E-state index in [0.29, 0.717) is 22.6 Å². The van der Waals surface area contributed by atoms with E-state index in [0.717, 1.165) is 17.0 Å². The number of amides is 1. The fourth-order valence-electron chi connectivity index (χ4n) is 4.30. The van der Waals surface area contributed by atoms with Crippen LogP contribution >= 0.6 is 0 Å². The van der Waals surface area contributed by atoms with Crippen molar-refractivity contribution in [3.05, 3.63) is 60.7 Å². The van der Waals surface area contributed by atoms with Gasteiger partial charge >= 0.3 is 0 Å². The number of carbonyl (C=O) groups excluding carboxylic acids is 1. The maximum Gasteiger partial charge on any atom is 0.229 e. The van der Waals surface area contributed by atoms with Gasteiger partial charge in [-0.05, 0) is 34.5 Å². The number of anilines is 1. The summed E-state index contributed by atoms with van der Waals surface area (Å²) in [6, 6.07) is 16.7. The molecule has 3 aromatic carbocycles. The Bertz CT molecular complexity index is 1360. The molecule has 5 atom stereocenters. The van der Waals surface area contributed by atoms with E-state index in [-0.39, 0.29) is 0 Å². The summed E-state index contributed by atoms with van der Waals surface area (Å²) >= 11 is 0. The Labute approximate surface area is 208 Å². The number of hydrogen-bond acceptors (Lipinski definition) is 8. The molecule has 10 nitrogen and oxygen atoms in total. The average Bonchev–Trinajstić information content (AvgIpc) is 2.82. The van der Waals surface area contributed by atoms with Crippen LogP contribution in [0.5, 0.6) is 5.75 Å². The van der Waals surface area contributed by atoms with Crippen LogP contribution in [0.25, 0.3) is 21.9 Å². The van der Waals surface area contributed by atoms with E-state index in [4.69, 9.17) is 9.47 Å². The number of aliphatic hydroxyl groups is 3. The maximum absolute atomic E-state index is 11.8. The highest BCUT2D eigenvalue weighted by Gasteiger charge is 2.46. The molecule has 1 fully saturated rings. The highest BCUT2D eigenvalue weighted by molar-refractivity contribution is 7.92. The molecular formula is C25H28N2O8S. The van der Waals surface area contributed by atoms with Gasteiger partial charge in [0.25, 0.3) is 0 Å². The monoisotopic (exact) mass is 516 g/mol. The van der Waals surface area contributed by atoms with Crippen LogP contribution in [-0.2, 0) is 19.6 Å². The second kappa shape index (κ2) is 10.4. The van der Waals surface area contributed by atoms with Gasteiger partial charge in [-0.3, -0.25) is 9.52 Å². The van der Waals surface area contributed by atoms with Gasteiger partial charge < -0.3 is 30.1 Å². The smallest absolute Gasteiger partial charge is 0.229 e. The second-order valence-corrected chi connectivity index (χ2v) is 10.4. The van der Waals surface area contributed by atoms with Crippen LogP contribution in [0.2, 0.25) is 0 Å². The van der Waals surface area contributed by atoms with Gasteiger partial charge in [-0.15, -0.1) is 0 Å². The Morgan fingerprint density at radius 1 is 1.06 bits per heavy atom. The highest BCUT2D eigenvalue weighted by Crippen LogP contribution is 2.39. The SMILES string of the molecule is CC(=O)NC1C(O)[C@@H](O)C(CO)O[C@H]1Oc1ccc2ccccc2c1-c1cccc(NS(C)(=O)=O)c1.